The monoisotopic (exact) mass is 937 g/mol. The van der Waals surface area contributed by atoms with E-state index in [0.29, 0.717) is 30.9 Å². The molecule has 1 heterocycles. The van der Waals surface area contributed by atoms with Crippen molar-refractivity contribution in [2.24, 2.45) is 11.8 Å². The molecule has 378 valence electrons. The Morgan fingerprint density at radius 1 is 0.636 bits per heavy atom. The lowest BCUT2D eigenvalue weighted by Gasteiger charge is -2.24. The van der Waals surface area contributed by atoms with Crippen LogP contribution in [0.25, 0.3) is 0 Å². The lowest BCUT2D eigenvalue weighted by Crippen LogP contribution is -2.41. The Kier molecular flexibility index (Phi) is 28.9. The number of carbonyl (C=O) groups is 3. The van der Waals surface area contributed by atoms with E-state index in [0.717, 1.165) is 62.5 Å². The molecule has 0 radical (unpaired) electrons. The maximum Gasteiger partial charge on any atom is 0.257 e. The van der Waals surface area contributed by atoms with Gasteiger partial charge in [-0.1, -0.05) is 94.7 Å². The first-order chi connectivity index (χ1) is 31.3. The van der Waals surface area contributed by atoms with Crippen LogP contribution in [0, 0.1) is 11.8 Å². The van der Waals surface area contributed by atoms with Gasteiger partial charge in [-0.3, -0.25) is 19.3 Å². The minimum atomic E-state index is -1.16. The number of ether oxygens (including phenoxy) is 1. The molecule has 13 atom stereocenters. The topological polar surface area (TPSA) is 278 Å². The van der Waals surface area contributed by atoms with Crippen LogP contribution in [-0.4, -0.2) is 155 Å². The molecule has 1 aliphatic heterocycles. The summed E-state index contributed by atoms with van der Waals surface area (Å²) in [5.41, 5.74) is 1.95. The van der Waals surface area contributed by atoms with E-state index >= 15 is 0 Å². The van der Waals surface area contributed by atoms with Crippen molar-refractivity contribution in [3.63, 3.8) is 0 Å². The van der Waals surface area contributed by atoms with Crippen LogP contribution >= 0.6 is 0 Å². The minimum absolute atomic E-state index is 0.0492. The molecule has 16 nitrogen and oxygen atoms in total. The molecule has 0 bridgehead atoms. The van der Waals surface area contributed by atoms with Crippen LogP contribution in [-0.2, 0) is 25.5 Å². The fourth-order valence-electron chi connectivity index (χ4n) is 9.10. The van der Waals surface area contributed by atoms with Crippen molar-refractivity contribution in [3.8, 4) is 0 Å². The zero-order chi connectivity index (χ0) is 49.2. The van der Waals surface area contributed by atoms with Gasteiger partial charge in [0.05, 0.1) is 68.1 Å². The minimum Gasteiger partial charge on any atom is -0.499 e. The number of nitrogens with zero attached hydrogens (tertiary/aromatic N) is 1. The maximum atomic E-state index is 13.3. The number of benzene rings is 1. The number of imide groups is 1. The molecular formula is C50H84N2O14. The van der Waals surface area contributed by atoms with Crippen LogP contribution < -0.4 is 5.32 Å². The largest absolute Gasteiger partial charge is 0.499 e. The first kappa shape index (κ1) is 58.8. The SMILES string of the molecule is COC1=CC(=O)N(C(=O)/C=C(/C)CC(C)CCCCCCC[C@H](C)C[C@@H](O)C[C@@H](O)C[C@@H](O)C[C@@H](O)C[C@@H](O)C[C@@H](O)C[C@@H](O)C[C@@H](O)C[C@@H](O)C[C@H](O)CNC=O)[C@H]1Cc1ccccc1. The Bertz CT molecular complexity index is 1560. The van der Waals surface area contributed by atoms with Crippen molar-refractivity contribution in [2.75, 3.05) is 13.7 Å². The number of hydrogen-bond acceptors (Lipinski definition) is 14. The van der Waals surface area contributed by atoms with E-state index < -0.39 is 67.1 Å². The van der Waals surface area contributed by atoms with Crippen molar-refractivity contribution in [2.45, 2.75) is 210 Å². The van der Waals surface area contributed by atoms with Crippen molar-refractivity contribution in [3.05, 3.63) is 59.4 Å². The first-order valence-corrected chi connectivity index (χ1v) is 24.1. The summed E-state index contributed by atoms with van der Waals surface area (Å²) in [7, 11) is 1.52. The Morgan fingerprint density at radius 3 is 1.48 bits per heavy atom. The van der Waals surface area contributed by atoms with Gasteiger partial charge in [0.15, 0.2) is 0 Å². The number of methoxy groups -OCH3 is 1. The van der Waals surface area contributed by atoms with Crippen molar-refractivity contribution < 1.29 is 70.2 Å². The second-order valence-corrected chi connectivity index (χ2v) is 19.2. The normalized spacial score (nSPS) is 20.0. The second kappa shape index (κ2) is 32.5. The first-order valence-electron chi connectivity index (χ1n) is 24.1. The molecule has 0 aliphatic carbocycles. The Hall–Kier alpha value is -3.29. The molecule has 0 saturated heterocycles. The zero-order valence-corrected chi connectivity index (χ0v) is 39.8. The van der Waals surface area contributed by atoms with Gasteiger partial charge in [0.25, 0.3) is 11.8 Å². The van der Waals surface area contributed by atoms with Crippen LogP contribution in [0.4, 0.5) is 0 Å². The number of carbonyl (C=O) groups excluding carboxylic acids is 3. The fraction of sp³-hybridized carbons (Fsp3) is 0.740. The number of hydrogen-bond donors (Lipinski definition) is 11. The third-order valence-corrected chi connectivity index (χ3v) is 12.3. The van der Waals surface area contributed by atoms with Crippen LogP contribution in [0.5, 0.6) is 0 Å². The highest BCUT2D eigenvalue weighted by Gasteiger charge is 2.37. The van der Waals surface area contributed by atoms with Gasteiger partial charge in [0, 0.05) is 31.5 Å². The zero-order valence-electron chi connectivity index (χ0n) is 39.8. The number of amides is 3. The molecule has 66 heavy (non-hydrogen) atoms. The summed E-state index contributed by atoms with van der Waals surface area (Å²) >= 11 is 0. The third-order valence-electron chi connectivity index (χ3n) is 12.3. The molecule has 0 fully saturated rings. The summed E-state index contributed by atoms with van der Waals surface area (Å²) in [5.74, 6) is 0.440. The molecule has 1 unspecified atom stereocenters. The average molecular weight is 937 g/mol. The molecule has 2 rings (SSSR count). The van der Waals surface area contributed by atoms with Crippen molar-refractivity contribution >= 4 is 18.2 Å². The predicted molar refractivity (Wildman–Crippen MR) is 250 cm³/mol. The maximum absolute atomic E-state index is 13.3. The molecule has 11 N–H and O–H groups in total. The van der Waals surface area contributed by atoms with Crippen LogP contribution in [0.1, 0.15) is 142 Å². The Morgan fingerprint density at radius 2 is 1.05 bits per heavy atom. The Balaban J connectivity index is 1.56. The van der Waals surface area contributed by atoms with Gasteiger partial charge in [-0.25, -0.2) is 0 Å². The highest BCUT2D eigenvalue weighted by atomic mass is 16.5. The molecule has 0 saturated carbocycles. The quantitative estimate of drug-likeness (QED) is 0.0260. The average Bonchev–Trinajstić information content (AvgIpc) is 3.53. The van der Waals surface area contributed by atoms with Gasteiger partial charge in [-0.05, 0) is 88.5 Å². The summed E-state index contributed by atoms with van der Waals surface area (Å²) in [4.78, 5) is 37.7. The molecule has 16 heteroatoms. The van der Waals surface area contributed by atoms with E-state index in [9.17, 15) is 65.4 Å². The molecule has 0 aromatic heterocycles. The Labute approximate surface area is 392 Å². The highest BCUT2D eigenvalue weighted by Crippen LogP contribution is 2.27. The number of nitrogens with one attached hydrogen (secondary N) is 1. The summed E-state index contributed by atoms with van der Waals surface area (Å²) in [6, 6.07) is 9.25. The predicted octanol–water partition coefficient (Wildman–Crippen LogP) is 3.09. The second-order valence-electron chi connectivity index (χ2n) is 19.2. The summed E-state index contributed by atoms with van der Waals surface area (Å²) in [6.45, 7) is 6.15. The van der Waals surface area contributed by atoms with E-state index in [1.807, 2.05) is 37.3 Å². The van der Waals surface area contributed by atoms with Crippen molar-refractivity contribution in [1.29, 1.82) is 0 Å². The van der Waals surface area contributed by atoms with E-state index in [1.165, 1.54) is 18.1 Å². The van der Waals surface area contributed by atoms with E-state index in [-0.39, 0.29) is 82.1 Å². The van der Waals surface area contributed by atoms with Crippen molar-refractivity contribution in [1.82, 2.24) is 10.2 Å². The third kappa shape index (κ3) is 25.2. The lowest BCUT2D eigenvalue weighted by atomic mass is 9.92. The van der Waals surface area contributed by atoms with Gasteiger partial charge in [0.1, 0.15) is 11.8 Å². The number of aliphatic hydroxyl groups excluding tert-OH is 10. The number of allylic oxidation sites excluding steroid dienone is 1. The van der Waals surface area contributed by atoms with E-state index in [4.69, 9.17) is 4.74 Å². The van der Waals surface area contributed by atoms with Crippen LogP contribution in [0.3, 0.4) is 0 Å². The summed E-state index contributed by atoms with van der Waals surface area (Å²) in [5, 5.41) is 105. The number of unbranched alkanes of at least 4 members (excludes halogenated alkanes) is 4. The molecule has 3 amide bonds. The standard InChI is InChI=1S/C50H84N2O14/c1-33(17-35(3)19-49(64)52-47(48(66-4)30-50(52)65)20-36-15-11-8-12-16-36)13-9-6-5-7-10-14-34(2)18-37(54)21-38(55)22-39(56)23-40(57)24-41(58)25-42(59)26-43(60)27-44(61)28-45(62)29-46(63)31-51-32-53/h8,11-12,15-16,19,30,32-34,37-47,54-63H,5-7,9-10,13-14,17-18,20-29,31H2,1-4H3,(H,51,53)/b35-19-/t33?,34-,37+,38+,39+,40+,41+,42+,43+,44+,45+,46-,47-/m0/s1. The molecular weight excluding hydrogens is 853 g/mol. The smallest absolute Gasteiger partial charge is 0.257 e. The van der Waals surface area contributed by atoms with Gasteiger partial charge >= 0.3 is 0 Å². The molecule has 1 aromatic carbocycles. The highest BCUT2D eigenvalue weighted by molar-refractivity contribution is 6.08. The van der Waals surface area contributed by atoms with Gasteiger partial charge in [-0.15, -0.1) is 0 Å². The molecule has 1 aromatic rings. The van der Waals surface area contributed by atoms with Gasteiger partial charge < -0.3 is 61.1 Å². The molecule has 1 aliphatic rings. The lowest BCUT2D eigenvalue weighted by molar-refractivity contribution is -0.139. The van der Waals surface area contributed by atoms with Crippen LogP contribution in [0.2, 0.25) is 0 Å². The van der Waals surface area contributed by atoms with E-state index in [1.54, 1.807) is 6.08 Å². The summed E-state index contributed by atoms with van der Waals surface area (Å²) < 4.78 is 5.46. The van der Waals surface area contributed by atoms with Crippen LogP contribution in [0.15, 0.2) is 53.8 Å². The number of aliphatic hydroxyl groups is 10. The van der Waals surface area contributed by atoms with E-state index in [2.05, 4.69) is 19.2 Å². The molecule has 0 spiro atoms. The summed E-state index contributed by atoms with van der Waals surface area (Å²) in [6.07, 6.45) is 0.944. The van der Waals surface area contributed by atoms with Gasteiger partial charge in [-0.2, -0.15) is 0 Å². The number of rotatable bonds is 37. The van der Waals surface area contributed by atoms with Gasteiger partial charge in [0.2, 0.25) is 6.41 Å². The fourth-order valence-corrected chi connectivity index (χ4v) is 9.10.